The first-order valence-electron chi connectivity index (χ1n) is 7.27. The van der Waals surface area contributed by atoms with Crippen LogP contribution < -0.4 is 0 Å². The van der Waals surface area contributed by atoms with E-state index in [4.69, 9.17) is 0 Å². The van der Waals surface area contributed by atoms with Gasteiger partial charge in [0.1, 0.15) is 0 Å². The lowest BCUT2D eigenvalue weighted by molar-refractivity contribution is 0.0904. The molecule has 0 saturated carbocycles. The van der Waals surface area contributed by atoms with Gasteiger partial charge in [-0.1, -0.05) is 57.2 Å². The Labute approximate surface area is 119 Å². The molecule has 1 aliphatic rings. The van der Waals surface area contributed by atoms with Crippen LogP contribution in [0.1, 0.15) is 54.3 Å². The van der Waals surface area contributed by atoms with Gasteiger partial charge in [0.05, 0.1) is 0 Å². The van der Waals surface area contributed by atoms with Crippen molar-refractivity contribution in [2.45, 2.75) is 33.6 Å². The summed E-state index contributed by atoms with van der Waals surface area (Å²) in [5, 5.41) is 1.81. The number of carbonyl (C=O) groups excluding carboxylic acids is 2. The topological polar surface area (TPSA) is 34.1 Å². The molecular formula is C18H20O2. The Balaban J connectivity index is 0.000000704. The average molecular weight is 268 g/mol. The maximum Gasteiger partial charge on any atom is 0.166 e. The molecular weight excluding hydrogens is 248 g/mol. The van der Waals surface area contributed by atoms with Crippen molar-refractivity contribution in [2.75, 3.05) is 0 Å². The highest BCUT2D eigenvalue weighted by molar-refractivity contribution is 6.18. The Bertz CT molecular complexity index is 650. The predicted molar refractivity (Wildman–Crippen MR) is 82.4 cm³/mol. The second kappa shape index (κ2) is 6.00. The normalized spacial score (nSPS) is 18.1. The van der Waals surface area contributed by atoms with Crippen LogP contribution in [0.15, 0.2) is 36.4 Å². The van der Waals surface area contributed by atoms with Gasteiger partial charge in [0, 0.05) is 28.9 Å². The van der Waals surface area contributed by atoms with E-state index in [-0.39, 0.29) is 17.5 Å². The van der Waals surface area contributed by atoms with E-state index in [0.717, 1.165) is 10.8 Å². The van der Waals surface area contributed by atoms with Gasteiger partial charge in [-0.05, 0) is 11.8 Å². The van der Waals surface area contributed by atoms with Gasteiger partial charge in [0.25, 0.3) is 0 Å². The molecule has 0 saturated heterocycles. The molecule has 0 fully saturated rings. The van der Waals surface area contributed by atoms with Crippen LogP contribution in [0.25, 0.3) is 10.8 Å². The molecule has 0 spiro atoms. The maximum atomic E-state index is 12.4. The summed E-state index contributed by atoms with van der Waals surface area (Å²) in [5.74, 6) is 0.223. The van der Waals surface area contributed by atoms with Crippen molar-refractivity contribution in [1.29, 1.82) is 0 Å². The largest absolute Gasteiger partial charge is 0.294 e. The number of carbonyl (C=O) groups is 2. The van der Waals surface area contributed by atoms with Gasteiger partial charge >= 0.3 is 0 Å². The van der Waals surface area contributed by atoms with Gasteiger partial charge in [-0.2, -0.15) is 0 Å². The number of benzene rings is 2. The van der Waals surface area contributed by atoms with Gasteiger partial charge < -0.3 is 0 Å². The molecule has 3 rings (SSSR count). The lowest BCUT2D eigenvalue weighted by Gasteiger charge is -2.17. The van der Waals surface area contributed by atoms with Crippen molar-refractivity contribution in [3.8, 4) is 0 Å². The highest BCUT2D eigenvalue weighted by Gasteiger charge is 2.24. The van der Waals surface area contributed by atoms with Crippen LogP contribution in [-0.2, 0) is 0 Å². The van der Waals surface area contributed by atoms with Crippen molar-refractivity contribution in [1.82, 2.24) is 0 Å². The first-order chi connectivity index (χ1) is 9.68. The third-order valence-electron chi connectivity index (χ3n) is 3.72. The van der Waals surface area contributed by atoms with Crippen molar-refractivity contribution >= 4 is 22.3 Å². The van der Waals surface area contributed by atoms with E-state index in [2.05, 4.69) is 0 Å². The third kappa shape index (κ3) is 2.38. The van der Waals surface area contributed by atoms with Gasteiger partial charge in [-0.25, -0.2) is 0 Å². The molecule has 2 heteroatoms. The minimum Gasteiger partial charge on any atom is -0.294 e. The fourth-order valence-corrected chi connectivity index (χ4v) is 2.66. The van der Waals surface area contributed by atoms with Crippen molar-refractivity contribution in [2.24, 2.45) is 5.92 Å². The molecule has 0 amide bonds. The summed E-state index contributed by atoms with van der Waals surface area (Å²) in [5.41, 5.74) is 1.40. The smallest absolute Gasteiger partial charge is 0.166 e. The summed E-state index contributed by atoms with van der Waals surface area (Å²) >= 11 is 0. The third-order valence-corrected chi connectivity index (χ3v) is 3.72. The van der Waals surface area contributed by atoms with E-state index < -0.39 is 0 Å². The highest BCUT2D eigenvalue weighted by atomic mass is 16.1. The van der Waals surface area contributed by atoms with Crippen LogP contribution in [0, 0.1) is 5.92 Å². The van der Waals surface area contributed by atoms with Crippen LogP contribution in [-0.4, -0.2) is 11.6 Å². The summed E-state index contributed by atoms with van der Waals surface area (Å²) in [6.45, 7) is 5.91. The van der Waals surface area contributed by atoms with Crippen LogP contribution in [0.3, 0.4) is 0 Å². The van der Waals surface area contributed by atoms with Crippen molar-refractivity contribution in [3.63, 3.8) is 0 Å². The Morgan fingerprint density at radius 3 is 2.20 bits per heavy atom. The Morgan fingerprint density at radius 2 is 1.55 bits per heavy atom. The molecule has 0 bridgehead atoms. The molecule has 20 heavy (non-hydrogen) atoms. The molecule has 1 atom stereocenters. The predicted octanol–water partition coefficient (Wildman–Crippen LogP) is 4.66. The van der Waals surface area contributed by atoms with Gasteiger partial charge in [0.2, 0.25) is 0 Å². The second-order valence-electron chi connectivity index (χ2n) is 4.94. The molecule has 2 aromatic rings. The van der Waals surface area contributed by atoms with E-state index in [9.17, 15) is 9.59 Å². The number of hydrogen-bond acceptors (Lipinski definition) is 2. The van der Waals surface area contributed by atoms with E-state index >= 15 is 0 Å². The van der Waals surface area contributed by atoms with Crippen molar-refractivity contribution < 1.29 is 9.59 Å². The number of ketones is 2. The van der Waals surface area contributed by atoms with Crippen molar-refractivity contribution in [3.05, 3.63) is 47.5 Å². The first kappa shape index (κ1) is 14.4. The fraction of sp³-hybridized carbons (Fsp3) is 0.333. The number of rotatable bonds is 0. The van der Waals surface area contributed by atoms with Gasteiger partial charge in [0.15, 0.2) is 11.6 Å². The minimum absolute atomic E-state index is 0.0760. The quantitative estimate of drug-likeness (QED) is 0.696. The highest BCUT2D eigenvalue weighted by Crippen LogP contribution is 2.30. The molecule has 0 aliphatic heterocycles. The molecule has 104 valence electrons. The lowest BCUT2D eigenvalue weighted by atomic mass is 9.84. The summed E-state index contributed by atoms with van der Waals surface area (Å²) in [4.78, 5) is 24.6. The van der Waals surface area contributed by atoms with Gasteiger partial charge in [-0.3, -0.25) is 9.59 Å². The minimum atomic E-state index is -0.0760. The molecule has 0 aromatic heterocycles. The van der Waals surface area contributed by atoms with Crippen LogP contribution in [0.2, 0.25) is 0 Å². The summed E-state index contributed by atoms with van der Waals surface area (Å²) < 4.78 is 0. The first-order valence-corrected chi connectivity index (χ1v) is 7.27. The monoisotopic (exact) mass is 268 g/mol. The molecule has 0 radical (unpaired) electrons. The summed E-state index contributed by atoms with van der Waals surface area (Å²) in [6, 6.07) is 11.3. The zero-order chi connectivity index (χ0) is 14.7. The van der Waals surface area contributed by atoms with E-state index in [1.165, 1.54) is 0 Å². The second-order valence-corrected chi connectivity index (χ2v) is 4.94. The van der Waals surface area contributed by atoms with Gasteiger partial charge in [-0.15, -0.1) is 0 Å². The van der Waals surface area contributed by atoms with Crippen LogP contribution in [0.5, 0.6) is 0 Å². The molecule has 1 aliphatic carbocycles. The lowest BCUT2D eigenvalue weighted by Crippen LogP contribution is -2.17. The summed E-state index contributed by atoms with van der Waals surface area (Å²) in [7, 11) is 0. The number of hydrogen-bond donors (Lipinski definition) is 0. The zero-order valence-electron chi connectivity index (χ0n) is 12.3. The van der Waals surface area contributed by atoms with Crippen LogP contribution in [0.4, 0.5) is 0 Å². The Kier molecular flexibility index (Phi) is 4.33. The summed E-state index contributed by atoms with van der Waals surface area (Å²) in [6.07, 6.45) is 1.10. The molecule has 1 unspecified atom stereocenters. The molecule has 0 N–H and O–H groups in total. The standard InChI is InChI=1S/C16H14O2.C2H6/c1-10-8-9-14(17)12-6-2-4-11-5-3-7-13(15(11)12)16(10)18;1-2/h2-7,10H,8-9H2,1H3;1-2H3. The fourth-order valence-electron chi connectivity index (χ4n) is 2.66. The molecule has 0 heterocycles. The Hall–Kier alpha value is -1.96. The zero-order valence-corrected chi connectivity index (χ0v) is 12.3. The maximum absolute atomic E-state index is 12.4. The number of Topliss-reactive ketones (excluding diaryl/α,β-unsaturated/α-hetero) is 2. The van der Waals surface area contributed by atoms with E-state index in [0.29, 0.717) is 24.0 Å². The molecule has 2 aromatic carbocycles. The van der Waals surface area contributed by atoms with Crippen LogP contribution >= 0.6 is 0 Å². The SMILES string of the molecule is CC.CC1CCC(=O)c2cccc3cccc(c23)C1=O. The van der Waals surface area contributed by atoms with E-state index in [1.807, 2.05) is 57.2 Å². The Morgan fingerprint density at radius 1 is 0.950 bits per heavy atom. The average Bonchev–Trinajstić information content (AvgIpc) is 2.51. The molecule has 2 nitrogen and oxygen atoms in total. The van der Waals surface area contributed by atoms with E-state index in [1.54, 1.807) is 0 Å².